The van der Waals surface area contributed by atoms with Crippen molar-refractivity contribution in [1.29, 1.82) is 0 Å². The summed E-state index contributed by atoms with van der Waals surface area (Å²) in [5.41, 5.74) is 1.38. The summed E-state index contributed by atoms with van der Waals surface area (Å²) in [4.78, 5) is 25.0. The quantitative estimate of drug-likeness (QED) is 0.571. The molecule has 166 valence electrons. The number of aliphatic carboxylic acids is 1. The van der Waals surface area contributed by atoms with Gasteiger partial charge < -0.3 is 14.6 Å². The van der Waals surface area contributed by atoms with E-state index in [2.05, 4.69) is 11.8 Å². The lowest BCUT2D eigenvalue weighted by Crippen LogP contribution is -2.25. The first kappa shape index (κ1) is 22.9. The molecule has 0 saturated heterocycles. The van der Waals surface area contributed by atoms with Gasteiger partial charge in [-0.15, -0.1) is 0 Å². The zero-order chi connectivity index (χ0) is 23.3. The second kappa shape index (κ2) is 9.60. The number of halogens is 3. The van der Waals surface area contributed by atoms with E-state index in [0.717, 1.165) is 28.6 Å². The van der Waals surface area contributed by atoms with Crippen molar-refractivity contribution in [2.45, 2.75) is 32.1 Å². The lowest BCUT2D eigenvalue weighted by molar-refractivity contribution is -0.138. The first-order valence-electron chi connectivity index (χ1n) is 9.83. The zero-order valence-corrected chi connectivity index (χ0v) is 17.3. The van der Waals surface area contributed by atoms with Crippen molar-refractivity contribution in [3.8, 4) is 11.8 Å². The number of carboxylic acid groups (broad SMARTS) is 1. The van der Waals surface area contributed by atoms with E-state index in [-0.39, 0.29) is 25.3 Å². The highest BCUT2D eigenvalue weighted by molar-refractivity contribution is 5.82. The van der Waals surface area contributed by atoms with Crippen molar-refractivity contribution in [2.75, 3.05) is 7.05 Å². The SMILES string of the molecule is CN(Cc1ccc2ccn(CC(=O)O)c2c1)C(=O)CCC#Cc1ccc(C(F)(F)F)cc1. The Balaban J connectivity index is 1.55. The van der Waals surface area contributed by atoms with Crippen molar-refractivity contribution in [3.63, 3.8) is 0 Å². The molecular formula is C24H21F3N2O3. The minimum absolute atomic E-state index is 0.118. The molecule has 32 heavy (non-hydrogen) atoms. The van der Waals surface area contributed by atoms with Crippen LogP contribution in [0.3, 0.4) is 0 Å². The summed E-state index contributed by atoms with van der Waals surface area (Å²) in [7, 11) is 1.67. The molecule has 0 atom stereocenters. The summed E-state index contributed by atoms with van der Waals surface area (Å²) < 4.78 is 39.4. The van der Waals surface area contributed by atoms with Gasteiger partial charge in [0, 0.05) is 43.7 Å². The number of carbonyl (C=O) groups is 2. The maximum Gasteiger partial charge on any atom is 0.416 e. The monoisotopic (exact) mass is 442 g/mol. The largest absolute Gasteiger partial charge is 0.480 e. The summed E-state index contributed by atoms with van der Waals surface area (Å²) in [6, 6.07) is 12.1. The molecule has 0 radical (unpaired) electrons. The third-order valence-corrected chi connectivity index (χ3v) is 4.90. The smallest absolute Gasteiger partial charge is 0.416 e. The number of benzene rings is 2. The van der Waals surface area contributed by atoms with Crippen LogP contribution in [0.15, 0.2) is 54.7 Å². The van der Waals surface area contributed by atoms with Crippen molar-refractivity contribution in [1.82, 2.24) is 9.47 Å². The molecule has 0 aliphatic carbocycles. The van der Waals surface area contributed by atoms with Gasteiger partial charge in [-0.05, 0) is 47.3 Å². The molecule has 1 aromatic heterocycles. The number of alkyl halides is 3. The fourth-order valence-electron chi connectivity index (χ4n) is 3.24. The molecule has 0 aliphatic rings. The van der Waals surface area contributed by atoms with Crippen LogP contribution >= 0.6 is 0 Å². The Morgan fingerprint density at radius 3 is 2.47 bits per heavy atom. The fraction of sp³-hybridized carbons (Fsp3) is 0.250. The van der Waals surface area contributed by atoms with Crippen LogP contribution in [0.25, 0.3) is 10.9 Å². The average Bonchev–Trinajstić information content (AvgIpc) is 3.12. The van der Waals surface area contributed by atoms with Gasteiger partial charge in [0.2, 0.25) is 5.91 Å². The molecule has 1 N–H and O–H groups in total. The van der Waals surface area contributed by atoms with Crippen molar-refractivity contribution in [2.24, 2.45) is 0 Å². The third-order valence-electron chi connectivity index (χ3n) is 4.90. The topological polar surface area (TPSA) is 62.5 Å². The van der Waals surface area contributed by atoms with Crippen LogP contribution in [0.4, 0.5) is 13.2 Å². The van der Waals surface area contributed by atoms with E-state index in [0.29, 0.717) is 12.1 Å². The van der Waals surface area contributed by atoms with E-state index in [4.69, 9.17) is 5.11 Å². The van der Waals surface area contributed by atoms with Crippen LogP contribution in [0.1, 0.15) is 29.5 Å². The molecule has 5 nitrogen and oxygen atoms in total. The molecule has 0 fully saturated rings. The molecular weight excluding hydrogens is 421 g/mol. The van der Waals surface area contributed by atoms with E-state index < -0.39 is 17.7 Å². The Labute approximate surface area is 183 Å². The summed E-state index contributed by atoms with van der Waals surface area (Å²) in [5, 5.41) is 9.94. The van der Waals surface area contributed by atoms with Crippen LogP contribution in [0.2, 0.25) is 0 Å². The highest BCUT2D eigenvalue weighted by Crippen LogP contribution is 2.29. The standard InChI is InChI=1S/C24H21F3N2O3/c1-28(15-18-6-9-19-12-13-29(16-23(31)32)21(19)14-18)22(30)5-3-2-4-17-7-10-20(11-8-17)24(25,26)27/h6-14H,3,5,15-16H2,1H3,(H,31,32). The normalized spacial score (nSPS) is 11.1. The highest BCUT2D eigenvalue weighted by atomic mass is 19.4. The Morgan fingerprint density at radius 1 is 1.09 bits per heavy atom. The second-order valence-electron chi connectivity index (χ2n) is 7.36. The molecule has 2 aromatic carbocycles. The first-order chi connectivity index (χ1) is 15.1. The number of fused-ring (bicyclic) bond motifs is 1. The van der Waals surface area contributed by atoms with Gasteiger partial charge in [0.15, 0.2) is 0 Å². The van der Waals surface area contributed by atoms with Gasteiger partial charge >= 0.3 is 12.1 Å². The first-order valence-corrected chi connectivity index (χ1v) is 9.83. The third kappa shape index (κ3) is 5.91. The van der Waals surface area contributed by atoms with Crippen molar-refractivity contribution in [3.05, 3.63) is 71.4 Å². The number of carboxylic acids is 1. The van der Waals surface area contributed by atoms with Gasteiger partial charge in [-0.2, -0.15) is 13.2 Å². The predicted octanol–water partition coefficient (Wildman–Crippen LogP) is 4.54. The van der Waals surface area contributed by atoms with Crippen molar-refractivity contribution < 1.29 is 27.9 Å². The summed E-state index contributed by atoms with van der Waals surface area (Å²) >= 11 is 0. The maximum absolute atomic E-state index is 12.6. The Kier molecular flexibility index (Phi) is 6.89. The number of aromatic nitrogens is 1. The summed E-state index contributed by atoms with van der Waals surface area (Å²) in [5.74, 6) is 4.54. The molecule has 3 rings (SSSR count). The van der Waals surface area contributed by atoms with Crippen LogP contribution in [0, 0.1) is 11.8 Å². The number of hydrogen-bond donors (Lipinski definition) is 1. The molecule has 0 saturated carbocycles. The minimum atomic E-state index is -4.38. The van der Waals surface area contributed by atoms with Crippen LogP contribution in [0.5, 0.6) is 0 Å². The van der Waals surface area contributed by atoms with Gasteiger partial charge in [0.1, 0.15) is 6.54 Å². The van der Waals surface area contributed by atoms with Crippen molar-refractivity contribution >= 4 is 22.8 Å². The highest BCUT2D eigenvalue weighted by Gasteiger charge is 2.29. The molecule has 0 aliphatic heterocycles. The molecule has 0 unspecified atom stereocenters. The fourth-order valence-corrected chi connectivity index (χ4v) is 3.24. The Hall–Kier alpha value is -3.73. The van der Waals surface area contributed by atoms with Crippen LogP contribution < -0.4 is 0 Å². The molecule has 0 spiro atoms. The summed E-state index contributed by atoms with van der Waals surface area (Å²) in [6.45, 7) is 0.221. The number of hydrogen-bond acceptors (Lipinski definition) is 2. The van der Waals surface area contributed by atoms with E-state index in [1.807, 2.05) is 24.3 Å². The number of rotatable bonds is 6. The van der Waals surface area contributed by atoms with Crippen LogP contribution in [-0.2, 0) is 28.9 Å². The molecule has 8 heteroatoms. The van der Waals surface area contributed by atoms with E-state index in [1.54, 1.807) is 22.7 Å². The van der Waals surface area contributed by atoms with Gasteiger partial charge in [0.25, 0.3) is 0 Å². The summed E-state index contributed by atoms with van der Waals surface area (Å²) in [6.07, 6.45) is -2.20. The number of carbonyl (C=O) groups excluding carboxylic acids is 1. The number of amides is 1. The Bertz CT molecular complexity index is 1190. The lowest BCUT2D eigenvalue weighted by atomic mass is 10.1. The lowest BCUT2D eigenvalue weighted by Gasteiger charge is -2.17. The van der Waals surface area contributed by atoms with E-state index >= 15 is 0 Å². The minimum Gasteiger partial charge on any atom is -0.480 e. The molecule has 3 aromatic rings. The molecule has 0 bridgehead atoms. The second-order valence-corrected chi connectivity index (χ2v) is 7.36. The Morgan fingerprint density at radius 2 is 1.81 bits per heavy atom. The van der Waals surface area contributed by atoms with E-state index in [9.17, 15) is 22.8 Å². The predicted molar refractivity (Wildman–Crippen MR) is 114 cm³/mol. The van der Waals surface area contributed by atoms with Gasteiger partial charge in [-0.3, -0.25) is 9.59 Å². The average molecular weight is 442 g/mol. The van der Waals surface area contributed by atoms with Gasteiger partial charge in [0.05, 0.1) is 5.56 Å². The molecule has 1 heterocycles. The molecule has 1 amide bonds. The van der Waals surface area contributed by atoms with Crippen LogP contribution in [-0.4, -0.2) is 33.5 Å². The van der Waals surface area contributed by atoms with Gasteiger partial charge in [-0.1, -0.05) is 24.0 Å². The zero-order valence-electron chi connectivity index (χ0n) is 17.3. The maximum atomic E-state index is 12.6. The number of nitrogens with zero attached hydrogens (tertiary/aromatic N) is 2. The van der Waals surface area contributed by atoms with Gasteiger partial charge in [-0.25, -0.2) is 0 Å². The van der Waals surface area contributed by atoms with E-state index in [1.165, 1.54) is 12.1 Å².